The Labute approximate surface area is 85.9 Å². The Morgan fingerprint density at radius 1 is 1.36 bits per heavy atom. The largest absolute Gasteiger partial charge is 0.380 e. The fraction of sp³-hybridized carbons (Fsp3) is 1.00. The lowest BCUT2D eigenvalue weighted by atomic mass is 9.99. The van der Waals surface area contributed by atoms with Crippen molar-refractivity contribution in [3.63, 3.8) is 0 Å². The van der Waals surface area contributed by atoms with E-state index in [0.29, 0.717) is 19.1 Å². The van der Waals surface area contributed by atoms with E-state index in [1.54, 1.807) is 0 Å². The Morgan fingerprint density at radius 3 is 2.57 bits per heavy atom. The van der Waals surface area contributed by atoms with Gasteiger partial charge in [-0.3, -0.25) is 0 Å². The van der Waals surface area contributed by atoms with Crippen LogP contribution in [0.15, 0.2) is 0 Å². The van der Waals surface area contributed by atoms with Gasteiger partial charge in [-0.15, -0.1) is 0 Å². The van der Waals surface area contributed by atoms with Crippen molar-refractivity contribution in [2.75, 3.05) is 38.3 Å². The van der Waals surface area contributed by atoms with Crippen LogP contribution in [0.4, 0.5) is 0 Å². The van der Waals surface area contributed by atoms with Gasteiger partial charge in [0.05, 0.1) is 12.4 Å². The molecule has 4 nitrogen and oxygen atoms in total. The van der Waals surface area contributed by atoms with Gasteiger partial charge in [0.1, 0.15) is 9.84 Å². The summed E-state index contributed by atoms with van der Waals surface area (Å²) in [6.45, 7) is 3.15. The summed E-state index contributed by atoms with van der Waals surface area (Å²) < 4.78 is 26.9. The number of hydrogen-bond donors (Lipinski definition) is 1. The Balaban J connectivity index is 2.03. The molecule has 0 aromatic rings. The van der Waals surface area contributed by atoms with E-state index in [0.717, 1.165) is 25.9 Å². The average Bonchev–Trinajstić information content (AvgIpc) is 2.13. The molecule has 0 saturated carbocycles. The molecule has 0 spiro atoms. The minimum Gasteiger partial charge on any atom is -0.380 e. The number of piperidine rings is 1. The SMILES string of the molecule is CS(=O)(=O)CCOCC1CCNCC1. The summed E-state index contributed by atoms with van der Waals surface area (Å²) in [6.07, 6.45) is 3.51. The zero-order valence-corrected chi connectivity index (χ0v) is 9.48. The lowest BCUT2D eigenvalue weighted by Crippen LogP contribution is -2.30. The maximum Gasteiger partial charge on any atom is 0.149 e. The molecule has 1 rings (SSSR count). The molecule has 0 amide bonds. The van der Waals surface area contributed by atoms with Crippen molar-refractivity contribution in [2.45, 2.75) is 12.8 Å². The molecule has 0 unspecified atom stereocenters. The summed E-state index contributed by atoms with van der Waals surface area (Å²) in [5.41, 5.74) is 0. The second kappa shape index (κ2) is 5.68. The first-order chi connectivity index (χ1) is 6.58. The van der Waals surface area contributed by atoms with E-state index in [2.05, 4.69) is 5.32 Å². The van der Waals surface area contributed by atoms with Crippen LogP contribution in [0.3, 0.4) is 0 Å². The molecule has 0 radical (unpaired) electrons. The molecule has 0 aromatic carbocycles. The lowest BCUT2D eigenvalue weighted by Gasteiger charge is -2.22. The Morgan fingerprint density at radius 2 is 2.00 bits per heavy atom. The summed E-state index contributed by atoms with van der Waals surface area (Å²) in [5, 5.41) is 3.28. The van der Waals surface area contributed by atoms with Crippen molar-refractivity contribution < 1.29 is 13.2 Å². The third-order valence-electron chi connectivity index (χ3n) is 2.41. The third kappa shape index (κ3) is 5.57. The topological polar surface area (TPSA) is 55.4 Å². The third-order valence-corrected chi connectivity index (χ3v) is 3.32. The predicted octanol–water partition coefficient (Wildman–Crippen LogP) is 0.0472. The van der Waals surface area contributed by atoms with Crippen molar-refractivity contribution in [1.82, 2.24) is 5.32 Å². The molecule has 1 heterocycles. The smallest absolute Gasteiger partial charge is 0.149 e. The first kappa shape index (κ1) is 11.9. The molecule has 1 aliphatic rings. The summed E-state index contributed by atoms with van der Waals surface area (Å²) in [6, 6.07) is 0. The van der Waals surface area contributed by atoms with Gasteiger partial charge in [-0.05, 0) is 31.8 Å². The zero-order valence-electron chi connectivity index (χ0n) is 8.66. The lowest BCUT2D eigenvalue weighted by molar-refractivity contribution is 0.0989. The molecule has 0 aliphatic carbocycles. The van der Waals surface area contributed by atoms with E-state index in [-0.39, 0.29) is 5.75 Å². The van der Waals surface area contributed by atoms with Crippen LogP contribution < -0.4 is 5.32 Å². The molecule has 1 aliphatic heterocycles. The van der Waals surface area contributed by atoms with Crippen LogP contribution in [0.25, 0.3) is 0 Å². The van der Waals surface area contributed by atoms with E-state index >= 15 is 0 Å². The van der Waals surface area contributed by atoms with Gasteiger partial charge < -0.3 is 10.1 Å². The second-order valence-electron chi connectivity index (χ2n) is 3.90. The van der Waals surface area contributed by atoms with Crippen molar-refractivity contribution in [1.29, 1.82) is 0 Å². The molecule has 5 heteroatoms. The van der Waals surface area contributed by atoms with Crippen LogP contribution in [0.1, 0.15) is 12.8 Å². The quantitative estimate of drug-likeness (QED) is 0.666. The molecule has 84 valence electrons. The van der Waals surface area contributed by atoms with Gasteiger partial charge in [-0.25, -0.2) is 8.42 Å². The second-order valence-corrected chi connectivity index (χ2v) is 6.16. The Bertz CT molecular complexity index is 245. The first-order valence-electron chi connectivity index (χ1n) is 5.04. The van der Waals surface area contributed by atoms with Gasteiger partial charge in [0, 0.05) is 12.9 Å². The van der Waals surface area contributed by atoms with Crippen LogP contribution in [-0.2, 0) is 14.6 Å². The van der Waals surface area contributed by atoms with Crippen molar-refractivity contribution in [2.24, 2.45) is 5.92 Å². The van der Waals surface area contributed by atoms with E-state index in [9.17, 15) is 8.42 Å². The van der Waals surface area contributed by atoms with Gasteiger partial charge in [0.2, 0.25) is 0 Å². The van der Waals surface area contributed by atoms with Crippen LogP contribution >= 0.6 is 0 Å². The fourth-order valence-corrected chi connectivity index (χ4v) is 1.93. The number of rotatable bonds is 5. The minimum atomic E-state index is -2.86. The predicted molar refractivity (Wildman–Crippen MR) is 56.1 cm³/mol. The molecule has 1 saturated heterocycles. The summed E-state index contributed by atoms with van der Waals surface area (Å²) in [7, 11) is -2.86. The number of sulfone groups is 1. The zero-order chi connectivity index (χ0) is 10.4. The molecular formula is C9H19NO3S. The molecule has 0 bridgehead atoms. The van der Waals surface area contributed by atoms with E-state index in [1.165, 1.54) is 6.26 Å². The highest BCUT2D eigenvalue weighted by atomic mass is 32.2. The van der Waals surface area contributed by atoms with Crippen LogP contribution in [0, 0.1) is 5.92 Å². The maximum atomic E-state index is 10.8. The van der Waals surface area contributed by atoms with Gasteiger partial charge in [-0.2, -0.15) is 0 Å². The number of hydrogen-bond acceptors (Lipinski definition) is 4. The molecule has 1 N–H and O–H groups in total. The first-order valence-corrected chi connectivity index (χ1v) is 7.10. The molecular weight excluding hydrogens is 202 g/mol. The Hall–Kier alpha value is -0.130. The van der Waals surface area contributed by atoms with Gasteiger partial charge in [-0.1, -0.05) is 0 Å². The van der Waals surface area contributed by atoms with Crippen LogP contribution in [-0.4, -0.2) is 46.7 Å². The van der Waals surface area contributed by atoms with Crippen molar-refractivity contribution >= 4 is 9.84 Å². The standard InChI is InChI=1S/C9H19NO3S/c1-14(11,12)7-6-13-8-9-2-4-10-5-3-9/h9-10H,2-8H2,1H3. The molecule has 14 heavy (non-hydrogen) atoms. The van der Waals surface area contributed by atoms with E-state index in [1.807, 2.05) is 0 Å². The van der Waals surface area contributed by atoms with Crippen molar-refractivity contribution in [3.05, 3.63) is 0 Å². The highest BCUT2D eigenvalue weighted by molar-refractivity contribution is 7.90. The molecule has 0 aromatic heterocycles. The summed E-state index contributed by atoms with van der Waals surface area (Å²) in [5.74, 6) is 0.744. The van der Waals surface area contributed by atoms with E-state index in [4.69, 9.17) is 4.74 Å². The summed E-state index contributed by atoms with van der Waals surface area (Å²) in [4.78, 5) is 0. The average molecular weight is 221 g/mol. The van der Waals surface area contributed by atoms with Crippen molar-refractivity contribution in [3.8, 4) is 0 Å². The normalized spacial score (nSPS) is 19.8. The number of ether oxygens (including phenoxy) is 1. The Kier molecular flexibility index (Phi) is 4.84. The molecule has 1 fully saturated rings. The highest BCUT2D eigenvalue weighted by Gasteiger charge is 2.13. The fourth-order valence-electron chi connectivity index (χ4n) is 1.51. The summed E-state index contributed by atoms with van der Waals surface area (Å²) >= 11 is 0. The van der Waals surface area contributed by atoms with E-state index < -0.39 is 9.84 Å². The van der Waals surface area contributed by atoms with Gasteiger partial charge in [0.15, 0.2) is 0 Å². The molecule has 0 atom stereocenters. The van der Waals surface area contributed by atoms with Gasteiger partial charge in [0.25, 0.3) is 0 Å². The number of nitrogens with one attached hydrogen (secondary N) is 1. The monoisotopic (exact) mass is 221 g/mol. The van der Waals surface area contributed by atoms with Gasteiger partial charge >= 0.3 is 0 Å². The van der Waals surface area contributed by atoms with Crippen LogP contribution in [0.2, 0.25) is 0 Å². The van der Waals surface area contributed by atoms with Crippen LogP contribution in [0.5, 0.6) is 0 Å². The maximum absolute atomic E-state index is 10.8. The minimum absolute atomic E-state index is 0.137. The highest BCUT2D eigenvalue weighted by Crippen LogP contribution is 2.11.